The summed E-state index contributed by atoms with van der Waals surface area (Å²) < 4.78 is 64.8. The van der Waals surface area contributed by atoms with Gasteiger partial charge in [-0.2, -0.15) is 13.2 Å². The lowest BCUT2D eigenvalue weighted by Crippen LogP contribution is -2.23. The smallest absolute Gasteiger partial charge is 0.347 e. The van der Waals surface area contributed by atoms with Crippen molar-refractivity contribution >= 4 is 49.7 Å². The van der Waals surface area contributed by atoms with E-state index in [1.54, 1.807) is 18.2 Å². The molecule has 0 aliphatic heterocycles. The first-order chi connectivity index (χ1) is 16.6. The number of hydrogen-bond acceptors (Lipinski definition) is 6. The summed E-state index contributed by atoms with van der Waals surface area (Å²) in [4.78, 5) is 18.5. The van der Waals surface area contributed by atoms with Gasteiger partial charge in [-0.25, -0.2) is 13.4 Å². The van der Waals surface area contributed by atoms with Crippen LogP contribution in [0.1, 0.15) is 20.8 Å². The zero-order valence-corrected chi connectivity index (χ0v) is 20.5. The van der Waals surface area contributed by atoms with Crippen molar-refractivity contribution in [3.8, 4) is 0 Å². The minimum atomic E-state index is -4.53. The lowest BCUT2D eigenvalue weighted by Gasteiger charge is -2.13. The average Bonchev–Trinajstić information content (AvgIpc) is 3.35. The van der Waals surface area contributed by atoms with Crippen molar-refractivity contribution in [2.45, 2.75) is 22.6 Å². The Labute approximate surface area is 208 Å². The fourth-order valence-corrected chi connectivity index (χ4v) is 6.60. The Balaban J connectivity index is 1.61. The molecule has 35 heavy (non-hydrogen) atoms. The van der Waals surface area contributed by atoms with Crippen molar-refractivity contribution in [1.29, 1.82) is 0 Å². The average molecular weight is 537 g/mol. The predicted octanol–water partition coefficient (Wildman–Crippen LogP) is 5.81. The number of sulfone groups is 1. The molecule has 0 bridgehead atoms. The maximum atomic E-state index is 13.2. The predicted molar refractivity (Wildman–Crippen MR) is 131 cm³/mol. The highest BCUT2D eigenvalue weighted by atomic mass is 32.2. The van der Waals surface area contributed by atoms with Crippen molar-refractivity contribution in [2.24, 2.45) is 0 Å². The normalized spacial score (nSPS) is 12.1. The Morgan fingerprint density at radius 3 is 2.49 bits per heavy atom. The minimum absolute atomic E-state index is 0.0930. The molecule has 4 rings (SSSR count). The van der Waals surface area contributed by atoms with Crippen LogP contribution in [0.25, 0.3) is 10.9 Å². The van der Waals surface area contributed by atoms with Crippen molar-refractivity contribution in [2.75, 3.05) is 11.5 Å². The van der Waals surface area contributed by atoms with Gasteiger partial charge < -0.3 is 5.32 Å². The fourth-order valence-electron chi connectivity index (χ4n) is 3.28. The number of thioether (sulfide) groups is 1. The van der Waals surface area contributed by atoms with E-state index in [-0.39, 0.29) is 44.4 Å². The van der Waals surface area contributed by atoms with E-state index in [1.165, 1.54) is 35.6 Å². The molecule has 0 saturated heterocycles. The Morgan fingerprint density at radius 2 is 1.80 bits per heavy atom. The first-order valence-corrected chi connectivity index (χ1v) is 13.9. The van der Waals surface area contributed by atoms with E-state index in [9.17, 15) is 26.4 Å². The van der Waals surface area contributed by atoms with Gasteiger partial charge in [-0.1, -0.05) is 24.3 Å². The largest absolute Gasteiger partial charge is 0.416 e. The number of aromatic nitrogens is 1. The number of halogens is 3. The summed E-state index contributed by atoms with van der Waals surface area (Å²) in [5, 5.41) is 5.05. The number of alkyl halides is 3. The Kier molecular flexibility index (Phi) is 7.48. The van der Waals surface area contributed by atoms with Gasteiger partial charge >= 0.3 is 6.18 Å². The molecule has 0 aliphatic carbocycles. The van der Waals surface area contributed by atoms with Crippen LogP contribution in [0.15, 0.2) is 82.0 Å². The molecule has 1 N–H and O–H groups in total. The van der Waals surface area contributed by atoms with E-state index >= 15 is 0 Å². The van der Waals surface area contributed by atoms with Gasteiger partial charge in [0.1, 0.15) is 5.03 Å². The van der Waals surface area contributed by atoms with Crippen LogP contribution in [0.4, 0.5) is 13.2 Å². The quantitative estimate of drug-likeness (QED) is 0.288. The lowest BCUT2D eigenvalue weighted by molar-refractivity contribution is -0.137. The van der Waals surface area contributed by atoms with E-state index in [1.807, 2.05) is 17.5 Å². The van der Waals surface area contributed by atoms with Gasteiger partial charge in [-0.3, -0.25) is 4.79 Å². The van der Waals surface area contributed by atoms with E-state index < -0.39 is 27.5 Å². The molecule has 5 nitrogen and oxygen atoms in total. The van der Waals surface area contributed by atoms with Crippen LogP contribution in [0.5, 0.6) is 0 Å². The van der Waals surface area contributed by atoms with Gasteiger partial charge in [0.2, 0.25) is 0 Å². The summed E-state index contributed by atoms with van der Waals surface area (Å²) in [5.74, 6) is -0.578. The minimum Gasteiger partial charge on any atom is -0.347 e. The van der Waals surface area contributed by atoms with Crippen molar-refractivity contribution < 1.29 is 26.4 Å². The first-order valence-electron chi connectivity index (χ1n) is 10.4. The number of pyridine rings is 1. The zero-order chi connectivity index (χ0) is 25.1. The van der Waals surface area contributed by atoms with Crippen molar-refractivity contribution in [3.63, 3.8) is 0 Å². The number of thiophene rings is 1. The molecule has 2 aromatic heterocycles. The van der Waals surface area contributed by atoms with Gasteiger partial charge in [0, 0.05) is 16.0 Å². The number of hydrogen-bond donors (Lipinski definition) is 1. The number of rotatable bonds is 8. The van der Waals surface area contributed by atoms with Crippen LogP contribution in [0.2, 0.25) is 0 Å². The molecule has 11 heteroatoms. The van der Waals surface area contributed by atoms with E-state index in [0.717, 1.165) is 28.8 Å². The zero-order valence-electron chi connectivity index (χ0n) is 18.1. The SMILES string of the molecule is O=C(NCc1cccs1)c1cc2cc(C(F)(F)F)ccc2nc1SCCS(=O)(=O)c1ccccc1. The third-order valence-electron chi connectivity index (χ3n) is 5.05. The summed E-state index contributed by atoms with van der Waals surface area (Å²) >= 11 is 2.53. The molecule has 0 unspecified atom stereocenters. The lowest BCUT2D eigenvalue weighted by atomic mass is 10.1. The second-order valence-corrected chi connectivity index (χ2v) is 11.7. The molecule has 1 amide bonds. The standard InChI is InChI=1S/C24H19F3N2O3S3/c25-24(26,27)17-8-9-21-16(13-17)14-20(22(30)28-15-18-5-4-10-33-18)23(29-21)34-11-12-35(31,32)19-6-2-1-3-7-19/h1-10,13-14H,11-12,15H2,(H,28,30). The monoisotopic (exact) mass is 536 g/mol. The highest BCUT2D eigenvalue weighted by molar-refractivity contribution is 8.00. The molecular formula is C24H19F3N2O3S3. The maximum absolute atomic E-state index is 13.2. The molecule has 2 aromatic carbocycles. The van der Waals surface area contributed by atoms with Gasteiger partial charge in [0.15, 0.2) is 9.84 Å². The molecule has 0 fully saturated rings. The molecule has 182 valence electrons. The molecule has 2 heterocycles. The van der Waals surface area contributed by atoms with Gasteiger partial charge in [0.05, 0.1) is 33.8 Å². The molecule has 4 aromatic rings. The summed E-state index contributed by atoms with van der Waals surface area (Å²) in [5.41, 5.74) is -0.470. The van der Waals surface area contributed by atoms with Crippen molar-refractivity contribution in [3.05, 3.63) is 88.1 Å². The fraction of sp³-hybridized carbons (Fsp3) is 0.167. The van der Waals surface area contributed by atoms with Gasteiger partial charge in [-0.05, 0) is 47.8 Å². The van der Waals surface area contributed by atoms with Crippen LogP contribution in [0.3, 0.4) is 0 Å². The van der Waals surface area contributed by atoms with Crippen LogP contribution >= 0.6 is 23.1 Å². The number of fused-ring (bicyclic) bond motifs is 1. The van der Waals surface area contributed by atoms with E-state index in [2.05, 4.69) is 10.3 Å². The number of carbonyl (C=O) groups excluding carboxylic acids is 1. The number of amides is 1. The summed E-state index contributed by atoms with van der Waals surface area (Å²) in [6, 6.07) is 16.2. The number of carbonyl (C=O) groups is 1. The van der Waals surface area contributed by atoms with Crippen LogP contribution in [-0.2, 0) is 22.6 Å². The Hall–Kier alpha value is -2.89. The molecular weight excluding hydrogens is 517 g/mol. The van der Waals surface area contributed by atoms with E-state index in [0.29, 0.717) is 0 Å². The third-order valence-corrected chi connectivity index (χ3v) is 8.91. The molecule has 0 saturated carbocycles. The Morgan fingerprint density at radius 1 is 1.03 bits per heavy atom. The summed E-state index contributed by atoms with van der Waals surface area (Å²) in [6.45, 7) is 0.254. The van der Waals surface area contributed by atoms with Gasteiger partial charge in [-0.15, -0.1) is 23.1 Å². The maximum Gasteiger partial charge on any atom is 0.416 e. The molecule has 0 radical (unpaired) electrons. The Bertz CT molecular complexity index is 1440. The van der Waals surface area contributed by atoms with Crippen molar-refractivity contribution in [1.82, 2.24) is 10.3 Å². The summed E-state index contributed by atoms with van der Waals surface area (Å²) in [7, 11) is -3.54. The van der Waals surface area contributed by atoms with Crippen LogP contribution < -0.4 is 5.32 Å². The molecule has 0 aliphatic rings. The highest BCUT2D eigenvalue weighted by Crippen LogP contribution is 2.33. The number of nitrogens with zero attached hydrogens (tertiary/aromatic N) is 1. The van der Waals surface area contributed by atoms with Gasteiger partial charge in [0.25, 0.3) is 5.91 Å². The highest BCUT2D eigenvalue weighted by Gasteiger charge is 2.30. The second-order valence-electron chi connectivity index (χ2n) is 7.49. The topological polar surface area (TPSA) is 76.1 Å². The summed E-state index contributed by atoms with van der Waals surface area (Å²) in [6.07, 6.45) is -4.53. The first kappa shape index (κ1) is 25.2. The third kappa shape index (κ3) is 6.22. The molecule has 0 spiro atoms. The number of benzene rings is 2. The molecule has 0 atom stereocenters. The van der Waals surface area contributed by atoms with Crippen LogP contribution in [0, 0.1) is 0 Å². The van der Waals surface area contributed by atoms with Crippen LogP contribution in [-0.4, -0.2) is 30.8 Å². The number of nitrogens with one attached hydrogen (secondary N) is 1. The second kappa shape index (κ2) is 10.4. The van der Waals surface area contributed by atoms with E-state index in [4.69, 9.17) is 0 Å².